The zero-order valence-electron chi connectivity index (χ0n) is 7.33. The fourth-order valence-corrected chi connectivity index (χ4v) is 2.39. The van der Waals surface area contributed by atoms with E-state index in [1.165, 1.54) is 11.3 Å². The molecule has 0 spiro atoms. The van der Waals surface area contributed by atoms with Crippen LogP contribution in [0.5, 0.6) is 0 Å². The molecule has 68 valence electrons. The van der Waals surface area contributed by atoms with Crippen molar-refractivity contribution in [1.82, 2.24) is 0 Å². The summed E-state index contributed by atoms with van der Waals surface area (Å²) in [6.45, 7) is 3.06. The SMILES string of the molecule is Cc1cc(Cl)ccc1N1CC=CS1. The third-order valence-electron chi connectivity index (χ3n) is 1.98. The largest absolute Gasteiger partial charge is 0.309 e. The third-order valence-corrected chi connectivity index (χ3v) is 3.13. The predicted octanol–water partition coefficient (Wildman–Crippen LogP) is 3.63. The van der Waals surface area contributed by atoms with Gasteiger partial charge in [0.2, 0.25) is 0 Å². The molecular weight excluding hydrogens is 202 g/mol. The van der Waals surface area contributed by atoms with Crippen LogP contribution in [0.25, 0.3) is 0 Å². The van der Waals surface area contributed by atoms with Gasteiger partial charge in [-0.3, -0.25) is 0 Å². The Morgan fingerprint density at radius 2 is 2.31 bits per heavy atom. The third kappa shape index (κ3) is 1.84. The highest BCUT2D eigenvalue weighted by Crippen LogP contribution is 2.31. The van der Waals surface area contributed by atoms with Crippen molar-refractivity contribution in [2.45, 2.75) is 6.92 Å². The average molecular weight is 212 g/mol. The molecule has 1 aromatic rings. The lowest BCUT2D eigenvalue weighted by Crippen LogP contribution is -2.10. The molecule has 2 rings (SSSR count). The molecule has 0 saturated heterocycles. The van der Waals surface area contributed by atoms with Crippen LogP contribution in [0, 0.1) is 6.92 Å². The first-order chi connectivity index (χ1) is 6.27. The maximum Gasteiger partial charge on any atom is 0.0506 e. The van der Waals surface area contributed by atoms with E-state index in [1.807, 2.05) is 12.1 Å². The molecule has 0 fully saturated rings. The Morgan fingerprint density at radius 1 is 1.46 bits per heavy atom. The molecule has 1 aromatic carbocycles. The summed E-state index contributed by atoms with van der Waals surface area (Å²) in [6, 6.07) is 6.00. The average Bonchev–Trinajstić information content (AvgIpc) is 2.56. The Balaban J connectivity index is 2.30. The zero-order chi connectivity index (χ0) is 9.26. The smallest absolute Gasteiger partial charge is 0.0506 e. The number of hydrogen-bond donors (Lipinski definition) is 0. The Labute approximate surface area is 87.5 Å². The topological polar surface area (TPSA) is 3.24 Å². The van der Waals surface area contributed by atoms with E-state index in [2.05, 4.69) is 28.8 Å². The minimum absolute atomic E-state index is 0.804. The monoisotopic (exact) mass is 211 g/mol. The quantitative estimate of drug-likeness (QED) is 0.653. The van der Waals surface area contributed by atoms with Crippen molar-refractivity contribution in [3.63, 3.8) is 0 Å². The van der Waals surface area contributed by atoms with Crippen LogP contribution in [0.2, 0.25) is 5.02 Å². The molecular formula is C10H10ClNS. The van der Waals surface area contributed by atoms with Crippen LogP contribution in [0.3, 0.4) is 0 Å². The van der Waals surface area contributed by atoms with E-state index >= 15 is 0 Å². The minimum Gasteiger partial charge on any atom is -0.309 e. The number of nitrogens with zero attached hydrogens (tertiary/aromatic N) is 1. The van der Waals surface area contributed by atoms with Crippen molar-refractivity contribution in [3.8, 4) is 0 Å². The van der Waals surface area contributed by atoms with Crippen LogP contribution >= 0.6 is 23.5 Å². The summed E-state index contributed by atoms with van der Waals surface area (Å²) in [5.41, 5.74) is 2.48. The molecule has 0 N–H and O–H groups in total. The van der Waals surface area contributed by atoms with Gasteiger partial charge in [-0.25, -0.2) is 0 Å². The lowest BCUT2D eigenvalue weighted by Gasteiger charge is -2.18. The molecule has 1 heterocycles. The first-order valence-electron chi connectivity index (χ1n) is 4.13. The fraction of sp³-hybridized carbons (Fsp3) is 0.200. The summed E-state index contributed by atoms with van der Waals surface area (Å²) in [7, 11) is 0. The van der Waals surface area contributed by atoms with Crippen molar-refractivity contribution >= 4 is 29.2 Å². The summed E-state index contributed by atoms with van der Waals surface area (Å²) in [6.07, 6.45) is 2.15. The second kappa shape index (κ2) is 3.64. The van der Waals surface area contributed by atoms with E-state index in [0.29, 0.717) is 0 Å². The molecule has 0 saturated carbocycles. The van der Waals surface area contributed by atoms with Crippen LogP contribution < -0.4 is 4.31 Å². The molecule has 0 unspecified atom stereocenters. The maximum absolute atomic E-state index is 5.88. The van der Waals surface area contributed by atoms with Crippen LogP contribution in [0.1, 0.15) is 5.56 Å². The molecule has 0 bridgehead atoms. The lowest BCUT2D eigenvalue weighted by molar-refractivity contribution is 1.21. The Kier molecular flexibility index (Phi) is 2.51. The second-order valence-electron chi connectivity index (χ2n) is 2.97. The van der Waals surface area contributed by atoms with Crippen LogP contribution in [0.15, 0.2) is 29.7 Å². The Hall–Kier alpha value is -0.600. The number of hydrogen-bond acceptors (Lipinski definition) is 2. The van der Waals surface area contributed by atoms with Crippen LogP contribution in [-0.2, 0) is 0 Å². The van der Waals surface area contributed by atoms with Gasteiger partial charge in [0.15, 0.2) is 0 Å². The molecule has 13 heavy (non-hydrogen) atoms. The van der Waals surface area contributed by atoms with Gasteiger partial charge in [0.25, 0.3) is 0 Å². The van der Waals surface area contributed by atoms with E-state index in [1.54, 1.807) is 11.9 Å². The van der Waals surface area contributed by atoms with Crippen molar-refractivity contribution in [2.24, 2.45) is 0 Å². The Morgan fingerprint density at radius 3 is 2.92 bits per heavy atom. The van der Waals surface area contributed by atoms with Gasteiger partial charge in [0.1, 0.15) is 0 Å². The summed E-state index contributed by atoms with van der Waals surface area (Å²) >= 11 is 7.61. The Bertz CT molecular complexity index is 341. The van der Waals surface area contributed by atoms with Gasteiger partial charge in [0, 0.05) is 11.6 Å². The summed E-state index contributed by atoms with van der Waals surface area (Å²) in [5, 5.41) is 2.91. The molecule has 1 aliphatic rings. The van der Waals surface area contributed by atoms with E-state index in [-0.39, 0.29) is 0 Å². The highest BCUT2D eigenvalue weighted by atomic mass is 35.5. The van der Waals surface area contributed by atoms with Gasteiger partial charge in [-0.2, -0.15) is 0 Å². The van der Waals surface area contributed by atoms with Crippen LogP contribution in [0.4, 0.5) is 5.69 Å². The van der Waals surface area contributed by atoms with Crippen LogP contribution in [-0.4, -0.2) is 6.54 Å². The van der Waals surface area contributed by atoms with Gasteiger partial charge < -0.3 is 4.31 Å². The van der Waals surface area contributed by atoms with E-state index in [4.69, 9.17) is 11.6 Å². The van der Waals surface area contributed by atoms with E-state index < -0.39 is 0 Å². The maximum atomic E-state index is 5.88. The van der Waals surface area contributed by atoms with Gasteiger partial charge in [-0.1, -0.05) is 17.7 Å². The highest BCUT2D eigenvalue weighted by Gasteiger charge is 2.10. The van der Waals surface area contributed by atoms with Crippen molar-refractivity contribution in [3.05, 3.63) is 40.3 Å². The first-order valence-corrected chi connectivity index (χ1v) is 5.34. The standard InChI is InChI=1S/C10H10ClNS/c1-8-7-9(11)3-4-10(8)12-5-2-6-13-12/h2-4,6-7H,5H2,1H3. The number of benzene rings is 1. The van der Waals surface area contributed by atoms with Gasteiger partial charge in [-0.15, -0.1) is 0 Å². The summed E-state index contributed by atoms with van der Waals surface area (Å²) in [4.78, 5) is 0. The van der Waals surface area contributed by atoms with Gasteiger partial charge in [-0.05, 0) is 48.0 Å². The van der Waals surface area contributed by atoms with Gasteiger partial charge >= 0.3 is 0 Å². The zero-order valence-corrected chi connectivity index (χ0v) is 8.90. The number of aryl methyl sites for hydroxylation is 1. The molecule has 1 nitrogen and oxygen atoms in total. The summed E-state index contributed by atoms with van der Waals surface area (Å²) in [5.74, 6) is 0. The fourth-order valence-electron chi connectivity index (χ4n) is 1.35. The number of halogens is 1. The predicted molar refractivity (Wildman–Crippen MR) is 60.3 cm³/mol. The normalized spacial score (nSPS) is 15.4. The molecule has 0 amide bonds. The lowest BCUT2D eigenvalue weighted by atomic mass is 10.2. The minimum atomic E-state index is 0.804. The number of rotatable bonds is 1. The molecule has 1 aliphatic heterocycles. The van der Waals surface area contributed by atoms with Gasteiger partial charge in [0.05, 0.1) is 5.69 Å². The van der Waals surface area contributed by atoms with Crippen molar-refractivity contribution in [2.75, 3.05) is 10.8 Å². The summed E-state index contributed by atoms with van der Waals surface area (Å²) < 4.78 is 2.24. The second-order valence-corrected chi connectivity index (χ2v) is 4.33. The van der Waals surface area contributed by atoms with E-state index in [0.717, 1.165) is 11.6 Å². The molecule has 0 aliphatic carbocycles. The van der Waals surface area contributed by atoms with Crippen molar-refractivity contribution in [1.29, 1.82) is 0 Å². The molecule has 0 radical (unpaired) electrons. The van der Waals surface area contributed by atoms with Crippen molar-refractivity contribution < 1.29 is 0 Å². The number of anilines is 1. The molecule has 0 atom stereocenters. The molecule has 3 heteroatoms. The first kappa shape index (κ1) is 8.97. The van der Waals surface area contributed by atoms with E-state index in [9.17, 15) is 0 Å². The highest BCUT2D eigenvalue weighted by molar-refractivity contribution is 8.03. The molecule has 0 aromatic heterocycles.